The van der Waals surface area contributed by atoms with Crippen LogP contribution in [0.1, 0.15) is 56.2 Å². The van der Waals surface area contributed by atoms with Crippen molar-refractivity contribution in [2.24, 2.45) is 5.92 Å². The molecule has 2 aromatic carbocycles. The molecule has 6 nitrogen and oxygen atoms in total. The lowest BCUT2D eigenvalue weighted by Gasteiger charge is -2.38. The maximum Gasteiger partial charge on any atom is 0.419 e. The molecule has 4 rings (SSSR count). The lowest BCUT2D eigenvalue weighted by Crippen LogP contribution is -2.49. The van der Waals surface area contributed by atoms with E-state index in [-0.39, 0.29) is 29.8 Å². The van der Waals surface area contributed by atoms with Gasteiger partial charge in [0.25, 0.3) is 0 Å². The number of fused-ring (bicyclic) bond motifs is 1. The number of amides is 2. The predicted octanol–water partition coefficient (Wildman–Crippen LogP) is 5.76. The fourth-order valence-electron chi connectivity index (χ4n) is 6.05. The van der Waals surface area contributed by atoms with Gasteiger partial charge in [0.1, 0.15) is 5.82 Å². The minimum atomic E-state index is -4.88. The molecule has 2 aliphatic rings. The fraction of sp³-hybridized carbons (Fsp3) is 0.517. The molecule has 0 aliphatic heterocycles. The first-order valence-electron chi connectivity index (χ1n) is 13.3. The van der Waals surface area contributed by atoms with Crippen LogP contribution in [0, 0.1) is 23.1 Å². The van der Waals surface area contributed by atoms with Gasteiger partial charge < -0.3 is 15.3 Å². The number of likely N-dealkylation sites (N-methyl/N-ethyl adjacent to an activating group) is 1. The summed E-state index contributed by atoms with van der Waals surface area (Å²) >= 11 is 0. The van der Waals surface area contributed by atoms with Gasteiger partial charge in [0.05, 0.1) is 23.8 Å². The zero-order chi connectivity index (χ0) is 28.4. The Labute approximate surface area is 226 Å². The highest BCUT2D eigenvalue weighted by Crippen LogP contribution is 2.62. The van der Waals surface area contributed by atoms with Gasteiger partial charge in [-0.05, 0) is 86.4 Å². The van der Waals surface area contributed by atoms with Crippen molar-refractivity contribution in [3.8, 4) is 6.07 Å². The molecule has 2 aliphatic carbocycles. The molecule has 0 heterocycles. The normalized spacial score (nSPS) is 23.1. The first kappa shape index (κ1) is 28.8. The van der Waals surface area contributed by atoms with Gasteiger partial charge in [-0.1, -0.05) is 19.1 Å². The number of carbonyl (C=O) groups excluding carboxylic acids is 1. The van der Waals surface area contributed by atoms with Crippen LogP contribution in [0.15, 0.2) is 42.5 Å². The SMILES string of the molecule is CCN(CCN(C(=O)Nc1ccc(F)c(C(F)(F)F)c1)[C@@H]1CC[C@]2(c3cccc(C#N)c3)CC2C1)[C@H](C)CO. The van der Waals surface area contributed by atoms with Crippen molar-refractivity contribution in [1.82, 2.24) is 9.80 Å². The lowest BCUT2D eigenvalue weighted by molar-refractivity contribution is -0.139. The van der Waals surface area contributed by atoms with E-state index in [1.165, 1.54) is 0 Å². The van der Waals surface area contributed by atoms with E-state index in [4.69, 9.17) is 0 Å². The molecule has 0 spiro atoms. The summed E-state index contributed by atoms with van der Waals surface area (Å²) in [7, 11) is 0. The first-order valence-corrected chi connectivity index (χ1v) is 13.3. The summed E-state index contributed by atoms with van der Waals surface area (Å²) in [6.07, 6.45) is -1.64. The molecular formula is C29H34F4N4O2. The predicted molar refractivity (Wildman–Crippen MR) is 140 cm³/mol. The third kappa shape index (κ3) is 6.20. The van der Waals surface area contributed by atoms with Crippen LogP contribution in [-0.2, 0) is 11.6 Å². The summed E-state index contributed by atoms with van der Waals surface area (Å²) in [4.78, 5) is 17.2. The Bertz CT molecular complexity index is 1230. The molecule has 2 aromatic rings. The fourth-order valence-corrected chi connectivity index (χ4v) is 6.05. The molecule has 0 aromatic heterocycles. The minimum Gasteiger partial charge on any atom is -0.395 e. The van der Waals surface area contributed by atoms with Gasteiger partial charge in [0.15, 0.2) is 0 Å². The maximum absolute atomic E-state index is 13.8. The summed E-state index contributed by atoms with van der Waals surface area (Å²) < 4.78 is 53.5. The van der Waals surface area contributed by atoms with Crippen LogP contribution in [0.2, 0.25) is 0 Å². The second-order valence-electron chi connectivity index (χ2n) is 10.7. The summed E-state index contributed by atoms with van der Waals surface area (Å²) in [5.74, 6) is -1.06. The van der Waals surface area contributed by atoms with E-state index in [9.17, 15) is 32.7 Å². The molecule has 0 bridgehead atoms. The molecule has 0 radical (unpaired) electrons. The molecule has 2 N–H and O–H groups in total. The second-order valence-corrected chi connectivity index (χ2v) is 10.7. The lowest BCUT2D eigenvalue weighted by atomic mass is 9.80. The van der Waals surface area contributed by atoms with Crippen LogP contribution in [0.4, 0.5) is 28.0 Å². The molecule has 2 saturated carbocycles. The Morgan fingerprint density at radius 1 is 1.26 bits per heavy atom. The Balaban J connectivity index is 1.53. The molecule has 0 saturated heterocycles. The number of benzene rings is 2. The van der Waals surface area contributed by atoms with Crippen molar-refractivity contribution in [1.29, 1.82) is 5.26 Å². The Morgan fingerprint density at radius 3 is 2.67 bits per heavy atom. The van der Waals surface area contributed by atoms with E-state index in [1.54, 1.807) is 11.0 Å². The smallest absolute Gasteiger partial charge is 0.395 e. The van der Waals surface area contributed by atoms with E-state index in [0.717, 1.165) is 30.9 Å². The molecule has 10 heteroatoms. The highest BCUT2D eigenvalue weighted by atomic mass is 19.4. The number of nitriles is 1. The minimum absolute atomic E-state index is 0.00900. The van der Waals surface area contributed by atoms with Crippen molar-refractivity contribution >= 4 is 11.7 Å². The molecule has 210 valence electrons. The highest BCUT2D eigenvalue weighted by molar-refractivity contribution is 5.89. The number of rotatable bonds is 9. The summed E-state index contributed by atoms with van der Waals surface area (Å²) in [5, 5.41) is 21.5. The van der Waals surface area contributed by atoms with Gasteiger partial charge in [-0.3, -0.25) is 4.90 Å². The number of urea groups is 1. The Kier molecular flexibility index (Phi) is 8.52. The van der Waals surface area contributed by atoms with Crippen molar-refractivity contribution in [3.05, 3.63) is 65.0 Å². The number of carbonyl (C=O) groups is 1. The summed E-state index contributed by atoms with van der Waals surface area (Å²) in [6.45, 7) is 5.29. The van der Waals surface area contributed by atoms with Crippen LogP contribution in [0.5, 0.6) is 0 Å². The van der Waals surface area contributed by atoms with E-state index in [0.29, 0.717) is 49.7 Å². The van der Waals surface area contributed by atoms with Crippen LogP contribution in [-0.4, -0.2) is 59.3 Å². The summed E-state index contributed by atoms with van der Waals surface area (Å²) in [6, 6.07) is 11.5. The Hall–Kier alpha value is -3.16. The number of alkyl halides is 3. The zero-order valence-corrected chi connectivity index (χ0v) is 22.1. The van der Waals surface area contributed by atoms with Gasteiger partial charge in [-0.15, -0.1) is 0 Å². The number of aliphatic hydroxyl groups excluding tert-OH is 1. The number of halogens is 4. The number of anilines is 1. The molecule has 4 atom stereocenters. The van der Waals surface area contributed by atoms with E-state index < -0.39 is 23.6 Å². The van der Waals surface area contributed by atoms with Crippen molar-refractivity contribution in [3.63, 3.8) is 0 Å². The number of nitrogens with one attached hydrogen (secondary N) is 1. The van der Waals surface area contributed by atoms with Crippen LogP contribution in [0.3, 0.4) is 0 Å². The number of nitrogens with zero attached hydrogens (tertiary/aromatic N) is 3. The third-order valence-corrected chi connectivity index (χ3v) is 8.43. The van der Waals surface area contributed by atoms with Gasteiger partial charge in [-0.2, -0.15) is 18.4 Å². The van der Waals surface area contributed by atoms with Gasteiger partial charge >= 0.3 is 12.2 Å². The van der Waals surface area contributed by atoms with Crippen molar-refractivity contribution < 1.29 is 27.5 Å². The summed E-state index contributed by atoms with van der Waals surface area (Å²) in [5.41, 5.74) is 0.192. The molecule has 2 amide bonds. The van der Waals surface area contributed by atoms with E-state index in [2.05, 4.69) is 11.4 Å². The molecule has 39 heavy (non-hydrogen) atoms. The zero-order valence-electron chi connectivity index (χ0n) is 22.1. The largest absolute Gasteiger partial charge is 0.419 e. The van der Waals surface area contributed by atoms with Crippen LogP contribution >= 0.6 is 0 Å². The van der Waals surface area contributed by atoms with Gasteiger partial charge in [0, 0.05) is 30.9 Å². The molecular weight excluding hydrogens is 512 g/mol. The van der Waals surface area contributed by atoms with Crippen molar-refractivity contribution in [2.75, 3.05) is 31.6 Å². The topological polar surface area (TPSA) is 79.6 Å². The standard InChI is InChI=1S/C29H34F4N4O2/c1-3-36(19(2)18-38)11-12-37(27(39)35-23-7-8-26(30)25(15-23)29(31,32)33)24-9-10-28(16-22(28)14-24)21-6-4-5-20(13-21)17-34/h4-8,13,15,19,22,24,38H,3,9-12,14,16,18H2,1-2H3,(H,35,39)/t19-,22?,24-,28-/m1/s1. The highest BCUT2D eigenvalue weighted by Gasteiger charge is 2.58. The maximum atomic E-state index is 13.8. The Morgan fingerprint density at radius 2 is 2.03 bits per heavy atom. The number of aliphatic hydroxyl groups is 1. The number of hydrogen-bond acceptors (Lipinski definition) is 4. The monoisotopic (exact) mass is 546 g/mol. The molecule has 1 unspecified atom stereocenters. The van der Waals surface area contributed by atoms with Gasteiger partial charge in [0.2, 0.25) is 0 Å². The average Bonchev–Trinajstić information content (AvgIpc) is 3.66. The average molecular weight is 547 g/mol. The number of hydrogen-bond donors (Lipinski definition) is 2. The van der Waals surface area contributed by atoms with Crippen LogP contribution in [0.25, 0.3) is 0 Å². The van der Waals surface area contributed by atoms with Crippen LogP contribution < -0.4 is 5.32 Å². The van der Waals surface area contributed by atoms with Gasteiger partial charge in [-0.25, -0.2) is 9.18 Å². The molecule has 2 fully saturated rings. The van der Waals surface area contributed by atoms with Crippen molar-refractivity contribution in [2.45, 2.75) is 63.2 Å². The third-order valence-electron chi connectivity index (χ3n) is 8.43. The first-order chi connectivity index (χ1) is 18.5. The van der Waals surface area contributed by atoms with E-state index >= 15 is 0 Å². The quantitative estimate of drug-likeness (QED) is 0.392. The van der Waals surface area contributed by atoms with E-state index in [1.807, 2.05) is 36.9 Å². The second kappa shape index (κ2) is 11.5.